The minimum absolute atomic E-state index is 0.391. The first-order valence-corrected chi connectivity index (χ1v) is 6.68. The van der Waals surface area contributed by atoms with Gasteiger partial charge in [0.2, 0.25) is 0 Å². The average molecular weight is 264 g/mol. The molecular formula is C16H24O3. The quantitative estimate of drug-likeness (QED) is 0.848. The Morgan fingerprint density at radius 1 is 1.37 bits per heavy atom. The van der Waals surface area contributed by atoms with Gasteiger partial charge in [-0.05, 0) is 49.8 Å². The zero-order chi connectivity index (χ0) is 14.6. The molecule has 1 aromatic rings. The zero-order valence-electron chi connectivity index (χ0n) is 12.5. The molecular weight excluding hydrogens is 240 g/mol. The molecule has 0 atom stereocenters. The Balaban J connectivity index is 2.86. The molecule has 0 aliphatic carbocycles. The summed E-state index contributed by atoms with van der Waals surface area (Å²) in [5.74, 6) is 0.545. The fourth-order valence-corrected chi connectivity index (χ4v) is 1.95. The third-order valence-electron chi connectivity index (χ3n) is 3.53. The van der Waals surface area contributed by atoms with Crippen LogP contribution in [0.4, 0.5) is 0 Å². The standard InChI is InChI=1S/C16H24O3/c1-11(2)13-10-12(6-7-14(13)19-5)8-9-16(3,4)15(17)18/h6-7,10-11H,8-9H2,1-5H3,(H,17,18). The molecule has 1 aromatic carbocycles. The van der Waals surface area contributed by atoms with Gasteiger partial charge in [-0.1, -0.05) is 26.0 Å². The summed E-state index contributed by atoms with van der Waals surface area (Å²) in [5.41, 5.74) is 1.66. The molecule has 0 bridgehead atoms. The van der Waals surface area contributed by atoms with E-state index in [4.69, 9.17) is 9.84 Å². The summed E-state index contributed by atoms with van der Waals surface area (Å²) in [6.45, 7) is 7.79. The van der Waals surface area contributed by atoms with Gasteiger partial charge in [-0.2, -0.15) is 0 Å². The van der Waals surface area contributed by atoms with Gasteiger partial charge in [0.1, 0.15) is 5.75 Å². The van der Waals surface area contributed by atoms with E-state index in [0.717, 1.165) is 12.2 Å². The van der Waals surface area contributed by atoms with Crippen LogP contribution in [-0.2, 0) is 11.2 Å². The predicted octanol–water partition coefficient (Wildman–Crippen LogP) is 3.86. The van der Waals surface area contributed by atoms with Crippen LogP contribution in [-0.4, -0.2) is 18.2 Å². The Hall–Kier alpha value is -1.51. The topological polar surface area (TPSA) is 46.5 Å². The molecule has 1 N–H and O–H groups in total. The summed E-state index contributed by atoms with van der Waals surface area (Å²) >= 11 is 0. The predicted molar refractivity (Wildman–Crippen MR) is 76.8 cm³/mol. The molecule has 0 aromatic heterocycles. The second kappa shape index (κ2) is 6.09. The maximum absolute atomic E-state index is 11.1. The second-order valence-corrected chi connectivity index (χ2v) is 5.92. The first-order valence-electron chi connectivity index (χ1n) is 6.68. The smallest absolute Gasteiger partial charge is 0.309 e. The number of hydrogen-bond acceptors (Lipinski definition) is 2. The van der Waals surface area contributed by atoms with E-state index in [0.29, 0.717) is 12.3 Å². The number of carboxylic acid groups (broad SMARTS) is 1. The maximum Gasteiger partial charge on any atom is 0.309 e. The number of hydrogen-bond donors (Lipinski definition) is 1. The van der Waals surface area contributed by atoms with Crippen molar-refractivity contribution >= 4 is 5.97 Å². The van der Waals surface area contributed by atoms with Crippen LogP contribution in [0.1, 0.15) is 51.2 Å². The van der Waals surface area contributed by atoms with Crippen LogP contribution in [0.15, 0.2) is 18.2 Å². The van der Waals surface area contributed by atoms with Crippen molar-refractivity contribution in [3.05, 3.63) is 29.3 Å². The van der Waals surface area contributed by atoms with E-state index in [1.54, 1.807) is 21.0 Å². The number of benzene rings is 1. The lowest BCUT2D eigenvalue weighted by molar-refractivity contribution is -0.147. The Morgan fingerprint density at radius 2 is 2.00 bits per heavy atom. The molecule has 3 heteroatoms. The van der Waals surface area contributed by atoms with Crippen molar-refractivity contribution < 1.29 is 14.6 Å². The van der Waals surface area contributed by atoms with Crippen LogP contribution in [0.2, 0.25) is 0 Å². The molecule has 19 heavy (non-hydrogen) atoms. The summed E-state index contributed by atoms with van der Waals surface area (Å²) in [5, 5.41) is 9.12. The van der Waals surface area contributed by atoms with Gasteiger partial charge in [-0.3, -0.25) is 4.79 Å². The molecule has 106 valence electrons. The van der Waals surface area contributed by atoms with E-state index >= 15 is 0 Å². The van der Waals surface area contributed by atoms with Crippen molar-refractivity contribution in [1.29, 1.82) is 0 Å². The number of aliphatic carboxylic acids is 1. The highest BCUT2D eigenvalue weighted by Crippen LogP contribution is 2.29. The Labute approximate surface area is 115 Å². The highest BCUT2D eigenvalue weighted by molar-refractivity contribution is 5.73. The third-order valence-corrected chi connectivity index (χ3v) is 3.53. The van der Waals surface area contributed by atoms with Crippen LogP contribution in [0, 0.1) is 5.41 Å². The molecule has 0 amide bonds. The van der Waals surface area contributed by atoms with Gasteiger partial charge in [0, 0.05) is 0 Å². The lowest BCUT2D eigenvalue weighted by atomic mass is 9.86. The molecule has 3 nitrogen and oxygen atoms in total. The number of carbonyl (C=O) groups is 1. The van der Waals surface area contributed by atoms with Gasteiger partial charge in [0.15, 0.2) is 0 Å². The van der Waals surface area contributed by atoms with E-state index in [-0.39, 0.29) is 0 Å². The number of ether oxygens (including phenoxy) is 1. The van der Waals surface area contributed by atoms with Crippen molar-refractivity contribution in [1.82, 2.24) is 0 Å². The van der Waals surface area contributed by atoms with E-state index in [1.807, 2.05) is 12.1 Å². The number of aryl methyl sites for hydroxylation is 1. The van der Waals surface area contributed by atoms with Crippen molar-refractivity contribution in [2.24, 2.45) is 5.41 Å². The summed E-state index contributed by atoms with van der Waals surface area (Å²) in [7, 11) is 1.68. The Kier molecular flexibility index (Phi) is 4.98. The molecule has 0 saturated heterocycles. The molecule has 1 rings (SSSR count). The summed E-state index contributed by atoms with van der Waals surface area (Å²) in [6, 6.07) is 6.11. The fraction of sp³-hybridized carbons (Fsp3) is 0.562. The van der Waals surface area contributed by atoms with E-state index in [1.165, 1.54) is 11.1 Å². The SMILES string of the molecule is COc1ccc(CCC(C)(C)C(=O)O)cc1C(C)C. The van der Waals surface area contributed by atoms with Gasteiger partial charge >= 0.3 is 5.97 Å². The summed E-state index contributed by atoms with van der Waals surface area (Å²) in [4.78, 5) is 11.1. The molecule has 0 radical (unpaired) electrons. The van der Waals surface area contributed by atoms with Crippen LogP contribution >= 0.6 is 0 Å². The van der Waals surface area contributed by atoms with Crippen LogP contribution in [0.25, 0.3) is 0 Å². The maximum atomic E-state index is 11.1. The average Bonchev–Trinajstić information content (AvgIpc) is 2.35. The first-order chi connectivity index (χ1) is 8.77. The molecule has 0 unspecified atom stereocenters. The zero-order valence-corrected chi connectivity index (χ0v) is 12.5. The first kappa shape index (κ1) is 15.5. The number of methoxy groups -OCH3 is 1. The van der Waals surface area contributed by atoms with E-state index in [2.05, 4.69) is 19.9 Å². The summed E-state index contributed by atoms with van der Waals surface area (Å²) < 4.78 is 5.35. The largest absolute Gasteiger partial charge is 0.496 e. The van der Waals surface area contributed by atoms with Crippen LogP contribution in [0.3, 0.4) is 0 Å². The van der Waals surface area contributed by atoms with Crippen LogP contribution < -0.4 is 4.74 Å². The van der Waals surface area contributed by atoms with E-state index in [9.17, 15) is 4.79 Å². The Bertz CT molecular complexity index is 447. The monoisotopic (exact) mass is 264 g/mol. The molecule has 0 aliphatic heterocycles. The van der Waals surface area contributed by atoms with Gasteiger partial charge < -0.3 is 9.84 Å². The minimum atomic E-state index is -0.745. The minimum Gasteiger partial charge on any atom is -0.496 e. The van der Waals surface area contributed by atoms with Crippen molar-refractivity contribution in [2.45, 2.75) is 46.5 Å². The molecule has 0 heterocycles. The normalized spacial score (nSPS) is 11.7. The highest BCUT2D eigenvalue weighted by Gasteiger charge is 2.26. The Morgan fingerprint density at radius 3 is 2.47 bits per heavy atom. The fourth-order valence-electron chi connectivity index (χ4n) is 1.95. The van der Waals surface area contributed by atoms with Gasteiger partial charge in [0.25, 0.3) is 0 Å². The third kappa shape index (κ3) is 3.98. The van der Waals surface area contributed by atoms with Gasteiger partial charge in [-0.15, -0.1) is 0 Å². The van der Waals surface area contributed by atoms with Crippen molar-refractivity contribution in [3.63, 3.8) is 0 Å². The summed E-state index contributed by atoms with van der Waals surface area (Å²) in [6.07, 6.45) is 1.40. The van der Waals surface area contributed by atoms with Gasteiger partial charge in [0.05, 0.1) is 12.5 Å². The number of rotatable bonds is 6. The molecule has 0 saturated carbocycles. The molecule has 0 aliphatic rings. The molecule has 0 spiro atoms. The van der Waals surface area contributed by atoms with E-state index < -0.39 is 11.4 Å². The van der Waals surface area contributed by atoms with Gasteiger partial charge in [-0.25, -0.2) is 0 Å². The van der Waals surface area contributed by atoms with Crippen molar-refractivity contribution in [2.75, 3.05) is 7.11 Å². The second-order valence-electron chi connectivity index (χ2n) is 5.92. The van der Waals surface area contributed by atoms with Crippen LogP contribution in [0.5, 0.6) is 5.75 Å². The number of carboxylic acids is 1. The lowest BCUT2D eigenvalue weighted by Crippen LogP contribution is -2.24. The van der Waals surface area contributed by atoms with Crippen molar-refractivity contribution in [3.8, 4) is 5.75 Å². The molecule has 0 fully saturated rings. The lowest BCUT2D eigenvalue weighted by Gasteiger charge is -2.19. The highest BCUT2D eigenvalue weighted by atomic mass is 16.5.